The van der Waals surface area contributed by atoms with E-state index in [4.69, 9.17) is 4.99 Å². The van der Waals surface area contributed by atoms with Crippen molar-refractivity contribution in [3.05, 3.63) is 137 Å². The first-order valence-electron chi connectivity index (χ1n) is 12.2. The van der Waals surface area contributed by atoms with Crippen molar-refractivity contribution in [2.45, 2.75) is 39.5 Å². The first kappa shape index (κ1) is 22.1. The van der Waals surface area contributed by atoms with Crippen LogP contribution in [0.2, 0.25) is 0 Å². The highest BCUT2D eigenvalue weighted by atomic mass is 14.8. The van der Waals surface area contributed by atoms with Gasteiger partial charge in [-0.2, -0.15) is 0 Å². The molecule has 1 heteroatoms. The molecular weight excluding hydrogens is 410 g/mol. The van der Waals surface area contributed by atoms with Gasteiger partial charge in [-0.25, -0.2) is 4.99 Å². The largest absolute Gasteiger partial charge is 0.247 e. The Kier molecular flexibility index (Phi) is 6.02. The van der Waals surface area contributed by atoms with Crippen molar-refractivity contribution in [3.8, 4) is 0 Å². The van der Waals surface area contributed by atoms with Crippen molar-refractivity contribution in [2.75, 3.05) is 0 Å². The van der Waals surface area contributed by atoms with Crippen LogP contribution in [0.15, 0.2) is 108 Å². The molecule has 0 unspecified atom stereocenters. The molecule has 1 aliphatic carbocycles. The fourth-order valence-corrected chi connectivity index (χ4v) is 4.95. The average Bonchev–Trinajstić information content (AvgIpc) is 3.19. The summed E-state index contributed by atoms with van der Waals surface area (Å²) in [6.07, 6.45) is 0. The minimum absolute atomic E-state index is 0.396. The Hall–Kier alpha value is -3.71. The smallest absolute Gasteiger partial charge is 0.0800 e. The van der Waals surface area contributed by atoms with E-state index in [0.29, 0.717) is 11.8 Å². The second kappa shape index (κ2) is 9.27. The van der Waals surface area contributed by atoms with Gasteiger partial charge >= 0.3 is 0 Å². The number of benzene rings is 4. The second-order valence-corrected chi connectivity index (χ2v) is 9.58. The summed E-state index contributed by atoms with van der Waals surface area (Å²) < 4.78 is 0. The van der Waals surface area contributed by atoms with Crippen LogP contribution in [0.5, 0.6) is 0 Å². The van der Waals surface area contributed by atoms with Gasteiger partial charge in [0, 0.05) is 11.1 Å². The lowest BCUT2D eigenvalue weighted by molar-refractivity contribution is 0.835. The SMILES string of the molecule is CC(C)c1cccc(C(C)C)c1N=C1C(c2ccccc2)=C(c2ccccc2)c2ccccc21. The zero-order valence-corrected chi connectivity index (χ0v) is 20.4. The Balaban J connectivity index is 1.88. The number of fused-ring (bicyclic) bond motifs is 1. The normalized spacial score (nSPS) is 14.4. The highest BCUT2D eigenvalue weighted by molar-refractivity contribution is 6.44. The molecule has 5 rings (SSSR count). The van der Waals surface area contributed by atoms with Crippen LogP contribution in [0.1, 0.15) is 72.9 Å². The topological polar surface area (TPSA) is 12.4 Å². The van der Waals surface area contributed by atoms with Crippen molar-refractivity contribution in [3.63, 3.8) is 0 Å². The molecule has 1 nitrogen and oxygen atoms in total. The van der Waals surface area contributed by atoms with Crippen LogP contribution < -0.4 is 0 Å². The summed E-state index contributed by atoms with van der Waals surface area (Å²) in [7, 11) is 0. The predicted molar refractivity (Wildman–Crippen MR) is 146 cm³/mol. The Morgan fingerprint density at radius 2 is 0.941 bits per heavy atom. The number of hydrogen-bond acceptors (Lipinski definition) is 1. The number of hydrogen-bond donors (Lipinski definition) is 0. The van der Waals surface area contributed by atoms with Crippen LogP contribution in [0.4, 0.5) is 5.69 Å². The fraction of sp³-hybridized carbons (Fsp3) is 0.182. The van der Waals surface area contributed by atoms with Gasteiger partial charge in [-0.1, -0.05) is 131 Å². The Morgan fingerprint density at radius 1 is 0.471 bits per heavy atom. The molecule has 0 N–H and O–H groups in total. The lowest BCUT2D eigenvalue weighted by atomic mass is 9.92. The molecule has 0 amide bonds. The summed E-state index contributed by atoms with van der Waals surface area (Å²) >= 11 is 0. The molecule has 0 aliphatic heterocycles. The summed E-state index contributed by atoms with van der Waals surface area (Å²) in [5.41, 5.74) is 12.1. The first-order chi connectivity index (χ1) is 16.6. The maximum Gasteiger partial charge on any atom is 0.0800 e. The van der Waals surface area contributed by atoms with Crippen LogP contribution in [0, 0.1) is 0 Å². The van der Waals surface area contributed by atoms with E-state index >= 15 is 0 Å². The molecule has 34 heavy (non-hydrogen) atoms. The van der Waals surface area contributed by atoms with Gasteiger partial charge in [-0.3, -0.25) is 0 Å². The van der Waals surface area contributed by atoms with Gasteiger partial charge in [0.05, 0.1) is 11.4 Å². The van der Waals surface area contributed by atoms with Crippen molar-refractivity contribution in [2.24, 2.45) is 4.99 Å². The van der Waals surface area contributed by atoms with Gasteiger partial charge in [-0.05, 0) is 45.2 Å². The van der Waals surface area contributed by atoms with E-state index in [1.54, 1.807) is 0 Å². The van der Waals surface area contributed by atoms with E-state index < -0.39 is 0 Å². The van der Waals surface area contributed by atoms with Gasteiger partial charge in [0.1, 0.15) is 0 Å². The predicted octanol–water partition coefficient (Wildman–Crippen LogP) is 9.03. The molecule has 4 aromatic rings. The van der Waals surface area contributed by atoms with Crippen molar-refractivity contribution in [1.82, 2.24) is 0 Å². The molecule has 0 bridgehead atoms. The van der Waals surface area contributed by atoms with Crippen molar-refractivity contribution < 1.29 is 0 Å². The fourth-order valence-electron chi connectivity index (χ4n) is 4.95. The van der Waals surface area contributed by atoms with Gasteiger partial charge < -0.3 is 0 Å². The third-order valence-electron chi connectivity index (χ3n) is 6.63. The van der Waals surface area contributed by atoms with E-state index in [9.17, 15) is 0 Å². The molecule has 0 atom stereocenters. The maximum atomic E-state index is 5.53. The molecule has 0 heterocycles. The van der Waals surface area contributed by atoms with Crippen molar-refractivity contribution in [1.29, 1.82) is 0 Å². The summed E-state index contributed by atoms with van der Waals surface area (Å²) in [6.45, 7) is 9.04. The molecule has 168 valence electrons. The lowest BCUT2D eigenvalue weighted by Crippen LogP contribution is -2.03. The number of para-hydroxylation sites is 1. The van der Waals surface area contributed by atoms with Crippen LogP contribution >= 0.6 is 0 Å². The monoisotopic (exact) mass is 441 g/mol. The zero-order chi connectivity index (χ0) is 23.7. The molecule has 0 fully saturated rings. The number of aliphatic imine (C=N–C) groups is 1. The van der Waals surface area contributed by atoms with Gasteiger partial charge in [0.2, 0.25) is 0 Å². The number of rotatable bonds is 5. The second-order valence-electron chi connectivity index (χ2n) is 9.58. The maximum absolute atomic E-state index is 5.53. The van der Waals surface area contributed by atoms with E-state index in [1.165, 1.54) is 44.5 Å². The Bertz CT molecular complexity index is 1350. The molecule has 0 saturated carbocycles. The Morgan fingerprint density at radius 3 is 1.47 bits per heavy atom. The minimum atomic E-state index is 0.396. The average molecular weight is 442 g/mol. The van der Waals surface area contributed by atoms with E-state index in [-0.39, 0.29) is 0 Å². The highest BCUT2D eigenvalue weighted by Gasteiger charge is 2.30. The van der Waals surface area contributed by atoms with Gasteiger partial charge in [0.25, 0.3) is 0 Å². The Labute approximate surface area is 203 Å². The summed E-state index contributed by atoms with van der Waals surface area (Å²) in [6, 6.07) is 36.8. The van der Waals surface area contributed by atoms with Crippen LogP contribution in [-0.2, 0) is 0 Å². The quantitative estimate of drug-likeness (QED) is 0.293. The van der Waals surface area contributed by atoms with E-state index in [2.05, 4.69) is 131 Å². The number of allylic oxidation sites excluding steroid dienone is 1. The zero-order valence-electron chi connectivity index (χ0n) is 20.4. The molecule has 0 aromatic heterocycles. The van der Waals surface area contributed by atoms with E-state index in [1.807, 2.05) is 0 Å². The summed E-state index contributed by atoms with van der Waals surface area (Å²) in [4.78, 5) is 5.53. The molecular formula is C33H31N. The standard InChI is InChI=1S/C33H31N/c1-22(2)26-20-13-21-27(23(3)4)32(26)34-33-29-19-12-11-18-28(29)30(24-14-7-5-8-15-24)31(33)25-16-9-6-10-17-25/h5-23H,1-4H3. The van der Waals surface area contributed by atoms with Gasteiger partial charge in [-0.15, -0.1) is 0 Å². The number of nitrogens with zero attached hydrogens (tertiary/aromatic N) is 1. The first-order valence-corrected chi connectivity index (χ1v) is 12.2. The molecule has 0 saturated heterocycles. The van der Waals surface area contributed by atoms with E-state index in [0.717, 1.165) is 11.4 Å². The molecule has 0 spiro atoms. The summed E-state index contributed by atoms with van der Waals surface area (Å²) in [5, 5.41) is 0. The van der Waals surface area contributed by atoms with Crippen molar-refractivity contribution >= 4 is 22.5 Å². The highest BCUT2D eigenvalue weighted by Crippen LogP contribution is 2.45. The molecule has 1 aliphatic rings. The molecule has 0 radical (unpaired) electrons. The summed E-state index contributed by atoms with van der Waals surface area (Å²) in [5.74, 6) is 0.792. The molecule has 4 aromatic carbocycles. The minimum Gasteiger partial charge on any atom is -0.247 e. The van der Waals surface area contributed by atoms with Crippen LogP contribution in [-0.4, -0.2) is 5.71 Å². The van der Waals surface area contributed by atoms with Crippen LogP contribution in [0.3, 0.4) is 0 Å². The van der Waals surface area contributed by atoms with Gasteiger partial charge in [0.15, 0.2) is 0 Å². The lowest BCUT2D eigenvalue weighted by Gasteiger charge is -2.18. The van der Waals surface area contributed by atoms with Crippen LogP contribution in [0.25, 0.3) is 11.1 Å². The third-order valence-corrected chi connectivity index (χ3v) is 6.63. The third kappa shape index (κ3) is 3.92.